The molecule has 1 atom stereocenters. The number of methoxy groups -OCH3 is 1. The molecule has 0 saturated heterocycles. The first-order chi connectivity index (χ1) is 8.08. The van der Waals surface area contributed by atoms with Gasteiger partial charge in [0, 0.05) is 17.3 Å². The van der Waals surface area contributed by atoms with Crippen molar-refractivity contribution in [3.63, 3.8) is 0 Å². The summed E-state index contributed by atoms with van der Waals surface area (Å²) in [5.74, 6) is 0.476. The maximum Gasteiger partial charge on any atom is 0.100 e. The fraction of sp³-hybridized carbons (Fsp3) is 0.462. The fourth-order valence-electron chi connectivity index (χ4n) is 1.49. The predicted octanol–water partition coefficient (Wildman–Crippen LogP) is 3.40. The van der Waals surface area contributed by atoms with Gasteiger partial charge in [-0.25, -0.2) is 0 Å². The van der Waals surface area contributed by atoms with Gasteiger partial charge >= 0.3 is 0 Å². The van der Waals surface area contributed by atoms with Crippen LogP contribution in [0, 0.1) is 17.2 Å². The molecule has 3 nitrogen and oxygen atoms in total. The van der Waals surface area contributed by atoms with E-state index in [0.29, 0.717) is 18.1 Å². The first-order valence-corrected chi connectivity index (χ1v) is 6.33. The molecule has 17 heavy (non-hydrogen) atoms. The number of hydrogen-bond acceptors (Lipinski definition) is 3. The number of rotatable bonds is 5. The van der Waals surface area contributed by atoms with Crippen LogP contribution in [0.25, 0.3) is 0 Å². The monoisotopic (exact) mass is 296 g/mol. The summed E-state index contributed by atoms with van der Waals surface area (Å²) in [4.78, 5) is 0. The van der Waals surface area contributed by atoms with E-state index >= 15 is 0 Å². The van der Waals surface area contributed by atoms with Gasteiger partial charge in [0.25, 0.3) is 0 Å². The number of nitrogens with one attached hydrogen (secondary N) is 1. The van der Waals surface area contributed by atoms with E-state index < -0.39 is 0 Å². The predicted molar refractivity (Wildman–Crippen MR) is 73.0 cm³/mol. The van der Waals surface area contributed by atoms with E-state index in [1.54, 1.807) is 13.2 Å². The molecule has 0 bridgehead atoms. The van der Waals surface area contributed by atoms with E-state index in [-0.39, 0.29) is 6.04 Å². The molecule has 0 aliphatic heterocycles. The van der Waals surface area contributed by atoms with Gasteiger partial charge in [-0.2, -0.15) is 5.26 Å². The molecule has 0 radical (unpaired) electrons. The van der Waals surface area contributed by atoms with Gasteiger partial charge in [0.2, 0.25) is 0 Å². The zero-order valence-electron chi connectivity index (χ0n) is 10.3. The zero-order chi connectivity index (χ0) is 12.8. The minimum Gasteiger partial charge on any atom is -0.383 e. The van der Waals surface area contributed by atoms with Gasteiger partial charge in [0.15, 0.2) is 0 Å². The maximum absolute atomic E-state index is 8.84. The number of ether oxygens (including phenoxy) is 1. The zero-order valence-corrected chi connectivity index (χ0v) is 11.9. The van der Waals surface area contributed by atoms with Crippen molar-refractivity contribution < 1.29 is 4.74 Å². The Morgan fingerprint density at radius 3 is 2.65 bits per heavy atom. The quantitative estimate of drug-likeness (QED) is 0.906. The van der Waals surface area contributed by atoms with Crippen LogP contribution in [-0.4, -0.2) is 19.8 Å². The average molecular weight is 297 g/mol. The number of halogens is 1. The normalized spacial score (nSPS) is 12.2. The standard InChI is InChI=1S/C13H17BrN2O/c1-9(2)13(8-17-3)16-11-5-4-10(7-15)12(14)6-11/h4-6,9,13,16H,8H2,1-3H3. The topological polar surface area (TPSA) is 45.0 Å². The number of nitriles is 1. The summed E-state index contributed by atoms with van der Waals surface area (Å²) in [6.45, 7) is 4.96. The van der Waals surface area contributed by atoms with E-state index in [1.807, 2.05) is 12.1 Å². The molecule has 1 N–H and O–H groups in total. The lowest BCUT2D eigenvalue weighted by molar-refractivity contribution is 0.171. The summed E-state index contributed by atoms with van der Waals surface area (Å²) < 4.78 is 6.00. The molecule has 0 aliphatic rings. The second kappa shape index (κ2) is 6.63. The smallest absolute Gasteiger partial charge is 0.100 e. The van der Waals surface area contributed by atoms with E-state index in [2.05, 4.69) is 41.2 Å². The Bertz CT molecular complexity index is 412. The fourth-order valence-corrected chi connectivity index (χ4v) is 1.96. The molecule has 0 heterocycles. The Morgan fingerprint density at radius 2 is 2.18 bits per heavy atom. The van der Waals surface area contributed by atoms with Crippen LogP contribution in [0.4, 0.5) is 5.69 Å². The van der Waals surface area contributed by atoms with Crippen molar-refractivity contribution in [2.75, 3.05) is 19.0 Å². The van der Waals surface area contributed by atoms with Gasteiger partial charge in [-0.05, 0) is 40.0 Å². The number of nitrogens with zero attached hydrogens (tertiary/aromatic N) is 1. The van der Waals surface area contributed by atoms with Gasteiger partial charge < -0.3 is 10.1 Å². The van der Waals surface area contributed by atoms with E-state index in [1.165, 1.54) is 0 Å². The van der Waals surface area contributed by atoms with Crippen LogP contribution in [0.2, 0.25) is 0 Å². The molecule has 0 aromatic heterocycles. The lowest BCUT2D eigenvalue weighted by atomic mass is 10.0. The molecule has 0 spiro atoms. The lowest BCUT2D eigenvalue weighted by Gasteiger charge is -2.22. The van der Waals surface area contributed by atoms with Crippen LogP contribution in [0.15, 0.2) is 22.7 Å². The first-order valence-electron chi connectivity index (χ1n) is 5.53. The Labute approximate surface area is 111 Å². The second-order valence-corrected chi connectivity index (χ2v) is 5.11. The summed E-state index contributed by atoms with van der Waals surface area (Å²) in [6.07, 6.45) is 0. The molecule has 1 rings (SSSR count). The van der Waals surface area contributed by atoms with Crippen LogP contribution < -0.4 is 5.32 Å². The highest BCUT2D eigenvalue weighted by atomic mass is 79.9. The van der Waals surface area contributed by atoms with Crippen molar-refractivity contribution in [2.45, 2.75) is 19.9 Å². The summed E-state index contributed by atoms with van der Waals surface area (Å²) in [5.41, 5.74) is 1.63. The van der Waals surface area contributed by atoms with E-state index in [9.17, 15) is 0 Å². The van der Waals surface area contributed by atoms with Crippen molar-refractivity contribution in [3.8, 4) is 6.07 Å². The largest absolute Gasteiger partial charge is 0.383 e. The Kier molecular flexibility index (Phi) is 5.46. The highest BCUT2D eigenvalue weighted by Crippen LogP contribution is 2.22. The summed E-state index contributed by atoms with van der Waals surface area (Å²) in [7, 11) is 1.70. The van der Waals surface area contributed by atoms with E-state index in [4.69, 9.17) is 10.00 Å². The van der Waals surface area contributed by atoms with Crippen molar-refractivity contribution in [1.82, 2.24) is 0 Å². The molecule has 1 aromatic rings. The maximum atomic E-state index is 8.84. The second-order valence-electron chi connectivity index (χ2n) is 4.26. The number of hydrogen-bond donors (Lipinski definition) is 1. The molecule has 0 fully saturated rings. The third-order valence-electron chi connectivity index (χ3n) is 2.59. The van der Waals surface area contributed by atoms with Crippen molar-refractivity contribution in [1.29, 1.82) is 5.26 Å². The Hall–Kier alpha value is -1.05. The molecule has 92 valence electrons. The highest BCUT2D eigenvalue weighted by Gasteiger charge is 2.13. The molecule has 1 aromatic carbocycles. The van der Waals surface area contributed by atoms with Crippen molar-refractivity contribution >= 4 is 21.6 Å². The summed E-state index contributed by atoms with van der Waals surface area (Å²) >= 11 is 3.38. The van der Waals surface area contributed by atoms with Gasteiger partial charge in [0.1, 0.15) is 6.07 Å². The molecule has 1 unspecified atom stereocenters. The minimum atomic E-state index is 0.264. The van der Waals surface area contributed by atoms with E-state index in [0.717, 1.165) is 10.2 Å². The van der Waals surface area contributed by atoms with Gasteiger partial charge in [-0.1, -0.05) is 13.8 Å². The molecular formula is C13H17BrN2O. The SMILES string of the molecule is COCC(Nc1ccc(C#N)c(Br)c1)C(C)C. The van der Waals surface area contributed by atoms with Crippen LogP contribution >= 0.6 is 15.9 Å². The van der Waals surface area contributed by atoms with Gasteiger partial charge in [-0.15, -0.1) is 0 Å². The molecular weight excluding hydrogens is 280 g/mol. The van der Waals surface area contributed by atoms with Crippen LogP contribution in [0.1, 0.15) is 19.4 Å². The summed E-state index contributed by atoms with van der Waals surface area (Å²) in [6, 6.07) is 8.02. The number of benzene rings is 1. The Balaban J connectivity index is 2.80. The minimum absolute atomic E-state index is 0.264. The Morgan fingerprint density at radius 1 is 1.47 bits per heavy atom. The lowest BCUT2D eigenvalue weighted by Crippen LogP contribution is -2.30. The molecule has 4 heteroatoms. The van der Waals surface area contributed by atoms with Gasteiger partial charge in [-0.3, -0.25) is 0 Å². The summed E-state index contributed by atoms with van der Waals surface area (Å²) in [5, 5.41) is 12.3. The highest BCUT2D eigenvalue weighted by molar-refractivity contribution is 9.10. The van der Waals surface area contributed by atoms with Crippen LogP contribution in [0.3, 0.4) is 0 Å². The van der Waals surface area contributed by atoms with Crippen molar-refractivity contribution in [2.24, 2.45) is 5.92 Å². The third-order valence-corrected chi connectivity index (χ3v) is 3.25. The molecule has 0 aliphatic carbocycles. The van der Waals surface area contributed by atoms with Gasteiger partial charge in [0.05, 0.1) is 18.2 Å². The molecule has 0 amide bonds. The first kappa shape index (κ1) is 14.0. The average Bonchev–Trinajstić information content (AvgIpc) is 2.28. The van der Waals surface area contributed by atoms with Crippen LogP contribution in [0.5, 0.6) is 0 Å². The number of anilines is 1. The van der Waals surface area contributed by atoms with Crippen molar-refractivity contribution in [3.05, 3.63) is 28.2 Å². The molecule has 0 saturated carbocycles. The van der Waals surface area contributed by atoms with Crippen LogP contribution in [-0.2, 0) is 4.74 Å². The third kappa shape index (κ3) is 4.03.